The Balaban J connectivity index is 2.09. The van der Waals surface area contributed by atoms with Gasteiger partial charge in [-0.25, -0.2) is 0 Å². The van der Waals surface area contributed by atoms with Crippen LogP contribution in [0, 0.1) is 0 Å². The highest BCUT2D eigenvalue weighted by Gasteiger charge is 2.31. The minimum Gasteiger partial charge on any atom is -0.365 e. The summed E-state index contributed by atoms with van der Waals surface area (Å²) < 4.78 is 0. The summed E-state index contributed by atoms with van der Waals surface area (Å²) in [6, 6.07) is 0.226. The van der Waals surface area contributed by atoms with Crippen LogP contribution in [0.5, 0.6) is 0 Å². The largest absolute Gasteiger partial charge is 0.365 e. The molecule has 0 aromatic rings. The van der Waals surface area contributed by atoms with Crippen molar-refractivity contribution in [3.63, 3.8) is 0 Å². The molecule has 0 spiro atoms. The first-order valence-electron chi connectivity index (χ1n) is 6.40. The number of nitrogens with zero attached hydrogens (tertiary/aromatic N) is 2. The number of aldehydes is 2. The van der Waals surface area contributed by atoms with Gasteiger partial charge in [0.2, 0.25) is 5.91 Å². The first-order chi connectivity index (χ1) is 8.74. The van der Waals surface area contributed by atoms with Crippen molar-refractivity contribution in [2.75, 3.05) is 19.6 Å². The van der Waals surface area contributed by atoms with E-state index in [1.807, 2.05) is 4.90 Å². The van der Waals surface area contributed by atoms with Gasteiger partial charge in [-0.3, -0.25) is 14.4 Å². The summed E-state index contributed by atoms with van der Waals surface area (Å²) in [6.45, 7) is 1.83. The first kappa shape index (κ1) is 12.8. The topological polar surface area (TPSA) is 57.7 Å². The lowest BCUT2D eigenvalue weighted by Gasteiger charge is -2.40. The molecule has 1 atom stereocenters. The van der Waals surface area contributed by atoms with E-state index in [1.165, 1.54) is 12.6 Å². The number of hydrogen-bond acceptors (Lipinski definition) is 4. The third kappa shape index (κ3) is 2.78. The van der Waals surface area contributed by atoms with Gasteiger partial charge in [-0.05, 0) is 12.8 Å². The number of rotatable bonds is 3. The van der Waals surface area contributed by atoms with Crippen LogP contribution in [0.15, 0.2) is 11.8 Å². The molecule has 98 valence electrons. The molecule has 2 saturated heterocycles. The highest BCUT2D eigenvalue weighted by molar-refractivity contribution is 5.99. The molecule has 1 amide bonds. The molecule has 5 heteroatoms. The zero-order valence-corrected chi connectivity index (χ0v) is 10.4. The van der Waals surface area contributed by atoms with E-state index < -0.39 is 0 Å². The maximum atomic E-state index is 12.0. The normalized spacial score (nSPS) is 24.0. The van der Waals surface area contributed by atoms with Crippen molar-refractivity contribution in [2.24, 2.45) is 0 Å². The molecule has 1 unspecified atom stereocenters. The number of amides is 1. The Kier molecular flexibility index (Phi) is 4.12. The molecule has 0 aliphatic carbocycles. The lowest BCUT2D eigenvalue weighted by atomic mass is 10.1. The van der Waals surface area contributed by atoms with Crippen LogP contribution in [-0.4, -0.2) is 54.0 Å². The van der Waals surface area contributed by atoms with Crippen LogP contribution in [0.1, 0.15) is 25.7 Å². The van der Waals surface area contributed by atoms with Crippen molar-refractivity contribution in [1.29, 1.82) is 0 Å². The Morgan fingerprint density at radius 1 is 1.17 bits per heavy atom. The second-order valence-electron chi connectivity index (χ2n) is 4.88. The Hall–Kier alpha value is -1.65. The van der Waals surface area contributed by atoms with Crippen molar-refractivity contribution in [3.8, 4) is 0 Å². The molecule has 5 nitrogen and oxygen atoms in total. The van der Waals surface area contributed by atoms with E-state index in [0.29, 0.717) is 12.6 Å². The summed E-state index contributed by atoms with van der Waals surface area (Å²) >= 11 is 0. The molecule has 2 rings (SSSR count). The summed E-state index contributed by atoms with van der Waals surface area (Å²) in [7, 11) is 0. The van der Waals surface area contributed by atoms with Gasteiger partial charge in [-0.1, -0.05) is 12.8 Å². The maximum absolute atomic E-state index is 12.0. The Labute approximate surface area is 106 Å². The lowest BCUT2D eigenvalue weighted by Crippen LogP contribution is -2.54. The lowest BCUT2D eigenvalue weighted by molar-refractivity contribution is -0.138. The molecule has 0 bridgehead atoms. The van der Waals surface area contributed by atoms with Gasteiger partial charge in [0.1, 0.15) is 0 Å². The Morgan fingerprint density at radius 3 is 2.67 bits per heavy atom. The third-order valence-electron chi connectivity index (χ3n) is 3.58. The molecule has 0 radical (unpaired) electrons. The second-order valence-corrected chi connectivity index (χ2v) is 4.88. The van der Waals surface area contributed by atoms with Crippen molar-refractivity contribution in [1.82, 2.24) is 9.80 Å². The van der Waals surface area contributed by atoms with Crippen LogP contribution >= 0.6 is 0 Å². The second kappa shape index (κ2) is 5.80. The van der Waals surface area contributed by atoms with Crippen molar-refractivity contribution < 1.29 is 14.4 Å². The smallest absolute Gasteiger partial charge is 0.242 e. The number of hydrogen-bond donors (Lipinski definition) is 0. The molecule has 0 aromatic carbocycles. The van der Waals surface area contributed by atoms with Gasteiger partial charge in [-0.2, -0.15) is 0 Å². The highest BCUT2D eigenvalue weighted by atomic mass is 16.2. The quantitative estimate of drug-likeness (QED) is 0.314. The van der Waals surface area contributed by atoms with Gasteiger partial charge in [0.25, 0.3) is 0 Å². The minimum atomic E-state index is 0.0878. The molecule has 18 heavy (non-hydrogen) atoms. The molecular formula is C13H18N2O3. The predicted octanol–water partition coefficient (Wildman–Crippen LogP) is 0.355. The molecule has 2 fully saturated rings. The van der Waals surface area contributed by atoms with Gasteiger partial charge in [0.15, 0.2) is 12.6 Å². The first-order valence-corrected chi connectivity index (χ1v) is 6.40. The van der Waals surface area contributed by atoms with Gasteiger partial charge in [-0.15, -0.1) is 0 Å². The average Bonchev–Trinajstić information content (AvgIpc) is 2.61. The standard InChI is InChI=1S/C13H18N2O3/c16-9-11(10-17)6-14-7-12-4-2-1-3-5-15(12)13(18)8-14/h6,9-10,12H,1-5,7-8H2. The fraction of sp³-hybridized carbons (Fsp3) is 0.615. The highest BCUT2D eigenvalue weighted by Crippen LogP contribution is 2.21. The molecule has 0 saturated carbocycles. The van der Waals surface area contributed by atoms with E-state index in [-0.39, 0.29) is 24.1 Å². The fourth-order valence-electron chi connectivity index (χ4n) is 2.69. The van der Waals surface area contributed by atoms with E-state index >= 15 is 0 Å². The van der Waals surface area contributed by atoms with Crippen LogP contribution < -0.4 is 0 Å². The van der Waals surface area contributed by atoms with E-state index in [1.54, 1.807) is 4.90 Å². The van der Waals surface area contributed by atoms with E-state index in [0.717, 1.165) is 32.4 Å². The van der Waals surface area contributed by atoms with Gasteiger partial charge in [0.05, 0.1) is 12.1 Å². The predicted molar refractivity (Wildman–Crippen MR) is 65.8 cm³/mol. The number of piperazine rings is 1. The molecule has 2 aliphatic rings. The number of allylic oxidation sites excluding steroid dienone is 1. The molecule has 2 aliphatic heterocycles. The van der Waals surface area contributed by atoms with Crippen LogP contribution in [0.2, 0.25) is 0 Å². The third-order valence-corrected chi connectivity index (χ3v) is 3.58. The summed E-state index contributed by atoms with van der Waals surface area (Å²) in [5.41, 5.74) is 0.0878. The van der Waals surface area contributed by atoms with E-state index in [4.69, 9.17) is 0 Å². The van der Waals surface area contributed by atoms with Crippen LogP contribution in [0.25, 0.3) is 0 Å². The Morgan fingerprint density at radius 2 is 1.94 bits per heavy atom. The average molecular weight is 250 g/mol. The summed E-state index contributed by atoms with van der Waals surface area (Å²) in [4.78, 5) is 37.0. The molecular weight excluding hydrogens is 232 g/mol. The van der Waals surface area contributed by atoms with Crippen LogP contribution in [-0.2, 0) is 14.4 Å². The van der Waals surface area contributed by atoms with E-state index in [2.05, 4.69) is 0 Å². The van der Waals surface area contributed by atoms with Crippen molar-refractivity contribution in [3.05, 3.63) is 11.8 Å². The van der Waals surface area contributed by atoms with Gasteiger partial charge in [0, 0.05) is 25.3 Å². The maximum Gasteiger partial charge on any atom is 0.242 e. The summed E-state index contributed by atoms with van der Waals surface area (Å²) in [5, 5.41) is 0. The van der Waals surface area contributed by atoms with Crippen molar-refractivity contribution in [2.45, 2.75) is 31.7 Å². The van der Waals surface area contributed by atoms with Crippen LogP contribution in [0.3, 0.4) is 0 Å². The van der Waals surface area contributed by atoms with E-state index in [9.17, 15) is 14.4 Å². The van der Waals surface area contributed by atoms with Crippen molar-refractivity contribution >= 4 is 18.5 Å². The number of carbonyl (C=O) groups is 3. The SMILES string of the molecule is O=CC(C=O)=CN1CC(=O)N2CCCCCC2C1. The number of fused-ring (bicyclic) bond motifs is 1. The van der Waals surface area contributed by atoms with Gasteiger partial charge >= 0.3 is 0 Å². The molecule has 0 N–H and O–H groups in total. The molecule has 2 heterocycles. The summed E-state index contributed by atoms with van der Waals surface area (Å²) in [6.07, 6.45) is 6.94. The number of carbonyl (C=O) groups excluding carboxylic acids is 3. The minimum absolute atomic E-state index is 0.0878. The summed E-state index contributed by atoms with van der Waals surface area (Å²) in [5.74, 6) is 0.0977. The fourth-order valence-corrected chi connectivity index (χ4v) is 2.69. The van der Waals surface area contributed by atoms with Gasteiger partial charge < -0.3 is 9.80 Å². The zero-order valence-electron chi connectivity index (χ0n) is 10.4. The van der Waals surface area contributed by atoms with Crippen LogP contribution in [0.4, 0.5) is 0 Å². The zero-order chi connectivity index (χ0) is 13.0. The monoisotopic (exact) mass is 250 g/mol. The molecule has 0 aromatic heterocycles. The Bertz CT molecular complexity index is 368.